The van der Waals surface area contributed by atoms with E-state index in [0.717, 1.165) is 63.9 Å². The van der Waals surface area contributed by atoms with Gasteiger partial charge in [-0.2, -0.15) is 5.10 Å². The summed E-state index contributed by atoms with van der Waals surface area (Å²) in [6.45, 7) is 7.55. The van der Waals surface area contributed by atoms with Crippen LogP contribution in [0.5, 0.6) is 0 Å². The van der Waals surface area contributed by atoms with E-state index in [1.54, 1.807) is 18.2 Å². The standard InChI is InChI=1S/C26H31N5O3S2/c1-17-23(18(2)31(29-17)21-7-5-4-6-8-21)16-27-36(33,34)22-9-10-24-25(15-22)35-26(28-24)30-13-11-20(12-14-30)19(3)32/h4-10,15,19-20,27,32H,11-14,16H2,1-3H3. The lowest BCUT2D eigenvalue weighted by molar-refractivity contribution is 0.110. The van der Waals surface area contributed by atoms with Crippen LogP contribution in [-0.4, -0.2) is 47.5 Å². The second-order valence-electron chi connectivity index (χ2n) is 9.41. The van der Waals surface area contributed by atoms with Crippen LogP contribution in [0.4, 0.5) is 5.13 Å². The number of hydrogen-bond acceptors (Lipinski definition) is 7. The van der Waals surface area contributed by atoms with Gasteiger partial charge >= 0.3 is 0 Å². The summed E-state index contributed by atoms with van der Waals surface area (Å²) in [4.78, 5) is 7.19. The Morgan fingerprint density at radius 2 is 1.86 bits per heavy atom. The number of para-hydroxylation sites is 1. The number of sulfonamides is 1. The van der Waals surface area contributed by atoms with E-state index in [9.17, 15) is 13.5 Å². The first-order chi connectivity index (χ1) is 17.2. The van der Waals surface area contributed by atoms with Crippen molar-refractivity contribution in [1.82, 2.24) is 19.5 Å². The van der Waals surface area contributed by atoms with E-state index in [-0.39, 0.29) is 17.5 Å². The normalized spacial score (nSPS) is 16.1. The smallest absolute Gasteiger partial charge is 0.240 e. The Labute approximate surface area is 215 Å². The van der Waals surface area contributed by atoms with Gasteiger partial charge in [0.2, 0.25) is 10.0 Å². The van der Waals surface area contributed by atoms with Crippen LogP contribution in [-0.2, 0) is 16.6 Å². The number of aliphatic hydroxyl groups excluding tert-OH is 1. The molecule has 2 aromatic heterocycles. The Hall–Kier alpha value is -2.79. The second-order valence-corrected chi connectivity index (χ2v) is 12.2. The van der Waals surface area contributed by atoms with Gasteiger partial charge in [-0.05, 0) is 69.9 Å². The number of piperidine rings is 1. The number of thiazole rings is 1. The Balaban J connectivity index is 1.32. The molecule has 1 unspecified atom stereocenters. The average molecular weight is 526 g/mol. The molecule has 0 bridgehead atoms. The number of anilines is 1. The van der Waals surface area contributed by atoms with E-state index in [1.165, 1.54) is 11.3 Å². The predicted molar refractivity (Wildman–Crippen MR) is 143 cm³/mol. The van der Waals surface area contributed by atoms with Gasteiger partial charge in [-0.3, -0.25) is 0 Å². The third-order valence-electron chi connectivity index (χ3n) is 7.03. The molecule has 3 heterocycles. The third-order valence-corrected chi connectivity index (χ3v) is 9.51. The van der Waals surface area contributed by atoms with Crippen molar-refractivity contribution in [3.05, 3.63) is 65.5 Å². The topological polar surface area (TPSA) is 100 Å². The summed E-state index contributed by atoms with van der Waals surface area (Å²) in [5.41, 5.74) is 4.30. The number of fused-ring (bicyclic) bond motifs is 1. The number of benzene rings is 2. The molecule has 4 aromatic rings. The van der Waals surface area contributed by atoms with E-state index < -0.39 is 10.0 Å². The molecule has 1 fully saturated rings. The number of aliphatic hydroxyl groups is 1. The maximum atomic E-state index is 13.2. The summed E-state index contributed by atoms with van der Waals surface area (Å²) >= 11 is 1.51. The van der Waals surface area contributed by atoms with Crippen LogP contribution in [0.15, 0.2) is 53.4 Å². The fourth-order valence-corrected chi connectivity index (χ4v) is 6.92. The quantitative estimate of drug-likeness (QED) is 0.376. The molecule has 2 N–H and O–H groups in total. The minimum absolute atomic E-state index is 0.164. The molecular weight excluding hydrogens is 494 g/mol. The Kier molecular flexibility index (Phi) is 6.86. The minimum atomic E-state index is -3.72. The van der Waals surface area contributed by atoms with Gasteiger partial charge < -0.3 is 10.0 Å². The SMILES string of the molecule is Cc1nn(-c2ccccc2)c(C)c1CNS(=O)(=O)c1ccc2nc(N3CCC(C(C)O)CC3)sc2c1. The molecule has 0 spiro atoms. The third kappa shape index (κ3) is 4.90. The van der Waals surface area contributed by atoms with E-state index in [0.29, 0.717) is 5.92 Å². The highest BCUT2D eigenvalue weighted by atomic mass is 32.2. The lowest BCUT2D eigenvalue weighted by Crippen LogP contribution is -2.36. The number of aromatic nitrogens is 3. The van der Waals surface area contributed by atoms with Crippen LogP contribution >= 0.6 is 11.3 Å². The van der Waals surface area contributed by atoms with E-state index >= 15 is 0 Å². The molecule has 0 amide bonds. The number of nitrogens with one attached hydrogen (secondary N) is 1. The zero-order valence-corrected chi connectivity index (χ0v) is 22.3. The van der Waals surface area contributed by atoms with Crippen molar-refractivity contribution in [2.75, 3.05) is 18.0 Å². The average Bonchev–Trinajstić information content (AvgIpc) is 3.43. The summed E-state index contributed by atoms with van der Waals surface area (Å²) in [7, 11) is -3.72. The van der Waals surface area contributed by atoms with Gasteiger partial charge in [0.05, 0.1) is 32.6 Å². The molecule has 2 aromatic carbocycles. The van der Waals surface area contributed by atoms with Crippen LogP contribution in [0.25, 0.3) is 15.9 Å². The maximum absolute atomic E-state index is 13.2. The molecule has 190 valence electrons. The molecule has 0 radical (unpaired) electrons. The van der Waals surface area contributed by atoms with Crippen molar-refractivity contribution < 1.29 is 13.5 Å². The maximum Gasteiger partial charge on any atom is 0.240 e. The zero-order chi connectivity index (χ0) is 25.4. The lowest BCUT2D eigenvalue weighted by Gasteiger charge is -2.32. The first-order valence-corrected chi connectivity index (χ1v) is 14.5. The van der Waals surface area contributed by atoms with Crippen molar-refractivity contribution in [3.8, 4) is 5.69 Å². The van der Waals surface area contributed by atoms with Gasteiger partial charge in [0.25, 0.3) is 0 Å². The van der Waals surface area contributed by atoms with Crippen LogP contribution in [0.1, 0.15) is 36.7 Å². The molecular formula is C26H31N5O3S2. The molecule has 1 aliphatic heterocycles. The van der Waals surface area contributed by atoms with Crippen LogP contribution < -0.4 is 9.62 Å². The van der Waals surface area contributed by atoms with Crippen molar-refractivity contribution >= 4 is 36.7 Å². The van der Waals surface area contributed by atoms with Gasteiger partial charge in [-0.15, -0.1) is 0 Å². The van der Waals surface area contributed by atoms with Crippen LogP contribution in [0, 0.1) is 19.8 Å². The van der Waals surface area contributed by atoms with Crippen molar-refractivity contribution in [1.29, 1.82) is 0 Å². The summed E-state index contributed by atoms with van der Waals surface area (Å²) in [6, 6.07) is 14.9. The van der Waals surface area contributed by atoms with E-state index in [4.69, 9.17) is 4.98 Å². The first kappa shape index (κ1) is 24.9. The van der Waals surface area contributed by atoms with Crippen LogP contribution in [0.3, 0.4) is 0 Å². The van der Waals surface area contributed by atoms with Gasteiger partial charge in [-0.1, -0.05) is 29.5 Å². The number of aryl methyl sites for hydroxylation is 1. The highest BCUT2D eigenvalue weighted by Gasteiger charge is 2.25. The number of rotatable bonds is 7. The molecule has 10 heteroatoms. The minimum Gasteiger partial charge on any atom is -0.393 e. The van der Waals surface area contributed by atoms with E-state index in [2.05, 4.69) is 14.7 Å². The Morgan fingerprint density at radius 1 is 1.14 bits per heavy atom. The monoisotopic (exact) mass is 525 g/mol. The highest BCUT2D eigenvalue weighted by Crippen LogP contribution is 2.33. The molecule has 8 nitrogen and oxygen atoms in total. The molecule has 0 saturated carbocycles. The molecule has 1 aliphatic rings. The van der Waals surface area contributed by atoms with Gasteiger partial charge in [-0.25, -0.2) is 22.8 Å². The van der Waals surface area contributed by atoms with Gasteiger partial charge in [0.15, 0.2) is 5.13 Å². The van der Waals surface area contributed by atoms with Gasteiger partial charge in [0.1, 0.15) is 0 Å². The summed E-state index contributed by atoms with van der Waals surface area (Å²) in [6.07, 6.45) is 1.57. The summed E-state index contributed by atoms with van der Waals surface area (Å²) < 4.78 is 31.8. The predicted octanol–water partition coefficient (Wildman–Crippen LogP) is 4.17. The molecule has 1 atom stereocenters. The fourth-order valence-electron chi connectivity index (χ4n) is 4.77. The number of nitrogens with zero attached hydrogens (tertiary/aromatic N) is 4. The fraction of sp³-hybridized carbons (Fsp3) is 0.385. The molecule has 5 rings (SSSR count). The highest BCUT2D eigenvalue weighted by molar-refractivity contribution is 7.89. The summed E-state index contributed by atoms with van der Waals surface area (Å²) in [5.74, 6) is 0.325. The Morgan fingerprint density at radius 3 is 2.56 bits per heavy atom. The second kappa shape index (κ2) is 9.93. The number of hydrogen-bond donors (Lipinski definition) is 2. The van der Waals surface area contributed by atoms with E-state index in [1.807, 2.05) is 55.8 Å². The Bertz CT molecular complexity index is 1470. The summed E-state index contributed by atoms with van der Waals surface area (Å²) in [5, 5.41) is 15.4. The van der Waals surface area contributed by atoms with Crippen LogP contribution in [0.2, 0.25) is 0 Å². The zero-order valence-electron chi connectivity index (χ0n) is 20.7. The molecule has 36 heavy (non-hydrogen) atoms. The lowest BCUT2D eigenvalue weighted by atomic mass is 9.92. The first-order valence-electron chi connectivity index (χ1n) is 12.2. The molecule has 1 saturated heterocycles. The largest absolute Gasteiger partial charge is 0.393 e. The van der Waals surface area contributed by atoms with Crippen molar-refractivity contribution in [3.63, 3.8) is 0 Å². The molecule has 0 aliphatic carbocycles. The van der Waals surface area contributed by atoms with Crippen molar-refractivity contribution in [2.24, 2.45) is 5.92 Å². The van der Waals surface area contributed by atoms with Gasteiger partial charge in [0, 0.05) is 30.9 Å². The van der Waals surface area contributed by atoms with Crippen molar-refractivity contribution in [2.45, 2.75) is 51.2 Å².